The Morgan fingerprint density at radius 2 is 2.20 bits per heavy atom. The Morgan fingerprint density at radius 3 is 3.05 bits per heavy atom. The van der Waals surface area contributed by atoms with E-state index in [2.05, 4.69) is 17.6 Å². The third kappa shape index (κ3) is 4.23. The Balaban J connectivity index is 1.67. The van der Waals surface area contributed by atoms with E-state index in [1.54, 1.807) is 0 Å². The first kappa shape index (κ1) is 14.9. The fraction of sp³-hybridized carbons (Fsp3) is 0.562. The van der Waals surface area contributed by atoms with Crippen LogP contribution in [0, 0.1) is 0 Å². The van der Waals surface area contributed by atoms with Gasteiger partial charge >= 0.3 is 0 Å². The second-order valence-electron chi connectivity index (χ2n) is 5.12. The first-order valence-corrected chi connectivity index (χ1v) is 7.54. The summed E-state index contributed by atoms with van der Waals surface area (Å²) in [4.78, 5) is 12.0. The van der Waals surface area contributed by atoms with E-state index in [0.717, 1.165) is 50.1 Å². The van der Waals surface area contributed by atoms with Gasteiger partial charge in [-0.25, -0.2) is 0 Å². The van der Waals surface area contributed by atoms with Crippen molar-refractivity contribution in [2.24, 2.45) is 0 Å². The van der Waals surface area contributed by atoms with Gasteiger partial charge in [0, 0.05) is 37.6 Å². The highest BCUT2D eigenvalue weighted by Gasteiger charge is 2.12. The number of unbranched alkanes of at least 4 members (excludes halogenated alkanes) is 1. The summed E-state index contributed by atoms with van der Waals surface area (Å²) in [7, 11) is 0. The molecule has 1 aromatic carbocycles. The predicted octanol–water partition coefficient (Wildman–Crippen LogP) is 2.59. The largest absolute Gasteiger partial charge is 0.384 e. The Kier molecular flexibility index (Phi) is 5.87. The maximum atomic E-state index is 12.0. The van der Waals surface area contributed by atoms with Gasteiger partial charge in [0.15, 0.2) is 0 Å². The van der Waals surface area contributed by atoms with Crippen molar-refractivity contribution in [3.63, 3.8) is 0 Å². The highest BCUT2D eigenvalue weighted by atomic mass is 16.5. The molecule has 0 spiro atoms. The molecular weight excluding hydrogens is 252 g/mol. The summed E-state index contributed by atoms with van der Waals surface area (Å²) in [5.74, 6) is -0.00458. The van der Waals surface area contributed by atoms with Crippen molar-refractivity contribution >= 4 is 11.6 Å². The van der Waals surface area contributed by atoms with Crippen LogP contribution in [0.4, 0.5) is 5.69 Å². The first-order valence-electron chi connectivity index (χ1n) is 7.54. The van der Waals surface area contributed by atoms with Crippen molar-refractivity contribution in [1.82, 2.24) is 5.32 Å². The SMILES string of the molecule is CCCCOCCCNC(=O)c1ccc2c(c1)NCC2. The molecule has 2 rings (SSSR count). The molecule has 0 atom stereocenters. The van der Waals surface area contributed by atoms with Crippen LogP contribution in [-0.4, -0.2) is 32.2 Å². The van der Waals surface area contributed by atoms with Crippen molar-refractivity contribution in [3.8, 4) is 0 Å². The second-order valence-corrected chi connectivity index (χ2v) is 5.12. The molecule has 20 heavy (non-hydrogen) atoms. The minimum Gasteiger partial charge on any atom is -0.384 e. The summed E-state index contributed by atoms with van der Waals surface area (Å²) in [6, 6.07) is 5.88. The van der Waals surface area contributed by atoms with Crippen LogP contribution in [0.5, 0.6) is 0 Å². The molecule has 110 valence electrons. The number of fused-ring (bicyclic) bond motifs is 1. The van der Waals surface area contributed by atoms with Crippen molar-refractivity contribution < 1.29 is 9.53 Å². The number of carbonyl (C=O) groups excluding carboxylic acids is 1. The summed E-state index contributed by atoms with van der Waals surface area (Å²) in [5, 5.41) is 6.23. The molecule has 4 heteroatoms. The normalized spacial score (nSPS) is 12.8. The van der Waals surface area contributed by atoms with Crippen molar-refractivity contribution in [2.75, 3.05) is 31.6 Å². The molecule has 0 bridgehead atoms. The van der Waals surface area contributed by atoms with Crippen LogP contribution >= 0.6 is 0 Å². The van der Waals surface area contributed by atoms with Crippen LogP contribution in [0.3, 0.4) is 0 Å². The predicted molar refractivity (Wildman–Crippen MR) is 81.3 cm³/mol. The van der Waals surface area contributed by atoms with Gasteiger partial charge in [-0.2, -0.15) is 0 Å². The lowest BCUT2D eigenvalue weighted by Gasteiger charge is -2.07. The van der Waals surface area contributed by atoms with Gasteiger partial charge in [-0.15, -0.1) is 0 Å². The molecule has 0 saturated heterocycles. The van der Waals surface area contributed by atoms with Gasteiger partial charge in [0.05, 0.1) is 0 Å². The molecule has 1 aliphatic rings. The number of rotatable bonds is 8. The van der Waals surface area contributed by atoms with Crippen molar-refractivity contribution in [3.05, 3.63) is 29.3 Å². The fourth-order valence-corrected chi connectivity index (χ4v) is 2.26. The fourth-order valence-electron chi connectivity index (χ4n) is 2.26. The number of benzene rings is 1. The van der Waals surface area contributed by atoms with Gasteiger partial charge in [0.2, 0.25) is 0 Å². The topological polar surface area (TPSA) is 50.4 Å². The third-order valence-electron chi connectivity index (χ3n) is 3.48. The zero-order valence-corrected chi connectivity index (χ0v) is 12.2. The number of hydrogen-bond acceptors (Lipinski definition) is 3. The zero-order valence-electron chi connectivity index (χ0n) is 12.2. The van der Waals surface area contributed by atoms with Gasteiger partial charge in [-0.3, -0.25) is 4.79 Å². The Labute approximate surface area is 120 Å². The van der Waals surface area contributed by atoms with E-state index in [1.807, 2.05) is 18.2 Å². The van der Waals surface area contributed by atoms with E-state index in [0.29, 0.717) is 13.2 Å². The van der Waals surface area contributed by atoms with Crippen LogP contribution in [0.2, 0.25) is 0 Å². The van der Waals surface area contributed by atoms with Crippen LogP contribution in [-0.2, 0) is 11.2 Å². The molecule has 0 radical (unpaired) electrons. The van der Waals surface area contributed by atoms with Gasteiger partial charge in [-0.05, 0) is 37.0 Å². The minimum absolute atomic E-state index is 0.00458. The lowest BCUT2D eigenvalue weighted by molar-refractivity contribution is 0.0940. The number of carbonyl (C=O) groups is 1. The second kappa shape index (κ2) is 7.90. The van der Waals surface area contributed by atoms with Gasteiger partial charge in [-0.1, -0.05) is 19.4 Å². The molecule has 4 nitrogen and oxygen atoms in total. The van der Waals surface area contributed by atoms with Crippen LogP contribution in [0.25, 0.3) is 0 Å². The number of nitrogens with one attached hydrogen (secondary N) is 2. The van der Waals surface area contributed by atoms with E-state index >= 15 is 0 Å². The number of anilines is 1. The quantitative estimate of drug-likeness (QED) is 0.718. The molecule has 1 heterocycles. The molecule has 0 saturated carbocycles. The smallest absolute Gasteiger partial charge is 0.251 e. The summed E-state index contributed by atoms with van der Waals surface area (Å²) in [6.07, 6.45) is 4.17. The Bertz CT molecular complexity index is 446. The van der Waals surface area contributed by atoms with E-state index < -0.39 is 0 Å². The average molecular weight is 276 g/mol. The maximum absolute atomic E-state index is 12.0. The third-order valence-corrected chi connectivity index (χ3v) is 3.48. The molecule has 0 aliphatic carbocycles. The van der Waals surface area contributed by atoms with E-state index in [4.69, 9.17) is 4.74 Å². The van der Waals surface area contributed by atoms with Crippen LogP contribution in [0.15, 0.2) is 18.2 Å². The minimum atomic E-state index is -0.00458. The molecular formula is C16H24N2O2. The highest BCUT2D eigenvalue weighted by molar-refractivity contribution is 5.95. The highest BCUT2D eigenvalue weighted by Crippen LogP contribution is 2.23. The number of amides is 1. The summed E-state index contributed by atoms with van der Waals surface area (Å²) in [6.45, 7) is 5.31. The van der Waals surface area contributed by atoms with E-state index in [-0.39, 0.29) is 5.91 Å². The van der Waals surface area contributed by atoms with Crippen molar-refractivity contribution in [1.29, 1.82) is 0 Å². The van der Waals surface area contributed by atoms with Crippen LogP contribution in [0.1, 0.15) is 42.1 Å². The van der Waals surface area contributed by atoms with E-state index in [1.165, 1.54) is 5.56 Å². The Hall–Kier alpha value is -1.55. The standard InChI is InChI=1S/C16H24N2O2/c1-2-3-10-20-11-4-8-18-16(19)14-6-5-13-7-9-17-15(13)12-14/h5-6,12,17H,2-4,7-11H2,1H3,(H,18,19). The molecule has 0 fully saturated rings. The Morgan fingerprint density at radius 1 is 1.35 bits per heavy atom. The summed E-state index contributed by atoms with van der Waals surface area (Å²) in [5.41, 5.74) is 3.12. The van der Waals surface area contributed by atoms with Crippen molar-refractivity contribution in [2.45, 2.75) is 32.6 Å². The summed E-state index contributed by atoms with van der Waals surface area (Å²) >= 11 is 0. The summed E-state index contributed by atoms with van der Waals surface area (Å²) < 4.78 is 5.46. The van der Waals surface area contributed by atoms with E-state index in [9.17, 15) is 4.79 Å². The monoisotopic (exact) mass is 276 g/mol. The van der Waals surface area contributed by atoms with Gasteiger partial charge < -0.3 is 15.4 Å². The lowest BCUT2D eigenvalue weighted by atomic mass is 10.1. The van der Waals surface area contributed by atoms with Gasteiger partial charge in [0.1, 0.15) is 0 Å². The average Bonchev–Trinajstić information content (AvgIpc) is 2.93. The number of hydrogen-bond donors (Lipinski definition) is 2. The van der Waals surface area contributed by atoms with Gasteiger partial charge in [0.25, 0.3) is 5.91 Å². The molecule has 1 aliphatic heterocycles. The lowest BCUT2D eigenvalue weighted by Crippen LogP contribution is -2.25. The molecule has 0 aromatic heterocycles. The number of ether oxygens (including phenoxy) is 1. The molecule has 1 aromatic rings. The first-order chi connectivity index (χ1) is 9.81. The molecule has 2 N–H and O–H groups in total. The van der Waals surface area contributed by atoms with Crippen LogP contribution < -0.4 is 10.6 Å². The molecule has 1 amide bonds. The molecule has 0 unspecified atom stereocenters. The maximum Gasteiger partial charge on any atom is 0.251 e. The zero-order chi connectivity index (χ0) is 14.2.